The average Bonchev–Trinajstić information content (AvgIpc) is 3.18. The van der Waals surface area contributed by atoms with Gasteiger partial charge in [-0.15, -0.1) is 0 Å². The molecule has 22 heavy (non-hydrogen) atoms. The molecule has 1 atom stereocenters. The Balaban J connectivity index is 1.89. The van der Waals surface area contributed by atoms with E-state index in [0.717, 1.165) is 0 Å². The number of ether oxygens (including phenoxy) is 1. The summed E-state index contributed by atoms with van der Waals surface area (Å²) in [7, 11) is 1.33. The molecule has 3 rings (SSSR count). The Morgan fingerprint density at radius 3 is 3.00 bits per heavy atom. The van der Waals surface area contributed by atoms with Crippen molar-refractivity contribution >= 4 is 22.8 Å². The number of fused-ring (bicyclic) bond motifs is 1. The third-order valence-corrected chi connectivity index (χ3v) is 3.14. The summed E-state index contributed by atoms with van der Waals surface area (Å²) >= 11 is 0. The minimum atomic E-state index is -0.395. The second kappa shape index (κ2) is 5.76. The highest BCUT2D eigenvalue weighted by atomic mass is 16.5. The highest BCUT2D eigenvalue weighted by Crippen LogP contribution is 2.22. The monoisotopic (exact) mass is 302 g/mol. The maximum absolute atomic E-state index is 11.4. The number of methoxy groups -OCH3 is 1. The molecule has 0 spiro atoms. The lowest BCUT2D eigenvalue weighted by molar-refractivity contribution is -0.141. The van der Waals surface area contributed by atoms with Crippen LogP contribution in [0, 0.1) is 0 Å². The molecule has 0 bridgehead atoms. The first-order valence-electron chi connectivity index (χ1n) is 6.54. The summed E-state index contributed by atoms with van der Waals surface area (Å²) in [5, 5.41) is 14.7. The minimum Gasteiger partial charge on any atom is -0.468 e. The normalized spacial score (nSPS) is 12.3. The number of H-pyrrole nitrogens is 1. The summed E-state index contributed by atoms with van der Waals surface area (Å²) in [6.45, 7) is 1.92. The molecular formula is C12H14N8O2. The zero-order valence-electron chi connectivity index (χ0n) is 12.0. The number of aromatic nitrogens is 7. The van der Waals surface area contributed by atoms with E-state index in [1.807, 2.05) is 6.92 Å². The van der Waals surface area contributed by atoms with Gasteiger partial charge in [0, 0.05) is 0 Å². The van der Waals surface area contributed by atoms with Crippen molar-refractivity contribution in [1.82, 2.24) is 34.9 Å². The van der Waals surface area contributed by atoms with Crippen LogP contribution in [0.1, 0.15) is 18.8 Å². The fourth-order valence-electron chi connectivity index (χ4n) is 2.01. The lowest BCUT2D eigenvalue weighted by Gasteiger charge is -2.12. The molecule has 0 aliphatic carbocycles. The van der Waals surface area contributed by atoms with Crippen LogP contribution in [0.25, 0.3) is 11.0 Å². The van der Waals surface area contributed by atoms with Gasteiger partial charge in [0.25, 0.3) is 0 Å². The molecule has 0 amide bonds. The molecule has 2 N–H and O–H groups in total. The first-order valence-corrected chi connectivity index (χ1v) is 6.54. The number of rotatable bonds is 5. The summed E-state index contributed by atoms with van der Waals surface area (Å²) in [6, 6.07) is -0.121. The molecule has 0 saturated carbocycles. The van der Waals surface area contributed by atoms with Gasteiger partial charge in [-0.2, -0.15) is 10.2 Å². The molecule has 0 aliphatic heterocycles. The van der Waals surface area contributed by atoms with E-state index >= 15 is 0 Å². The molecule has 1 unspecified atom stereocenters. The van der Waals surface area contributed by atoms with E-state index in [1.165, 1.54) is 24.4 Å². The van der Waals surface area contributed by atoms with Crippen LogP contribution in [0.15, 0.2) is 18.9 Å². The number of esters is 1. The van der Waals surface area contributed by atoms with E-state index in [1.54, 1.807) is 6.20 Å². The van der Waals surface area contributed by atoms with Gasteiger partial charge in [-0.3, -0.25) is 9.89 Å². The number of carbonyl (C=O) groups excluding carboxylic acids is 1. The smallest absolute Gasteiger partial charge is 0.327 e. The Morgan fingerprint density at radius 2 is 2.27 bits per heavy atom. The van der Waals surface area contributed by atoms with E-state index in [9.17, 15) is 4.79 Å². The quantitative estimate of drug-likeness (QED) is 0.644. The molecule has 0 aliphatic rings. The second-order valence-electron chi connectivity index (χ2n) is 4.57. The van der Waals surface area contributed by atoms with Crippen molar-refractivity contribution in [2.45, 2.75) is 19.5 Å². The Hall–Kier alpha value is -3.04. The molecule has 0 aromatic carbocycles. The summed E-state index contributed by atoms with van der Waals surface area (Å²) in [5.41, 5.74) is 0.549. The first-order chi connectivity index (χ1) is 10.7. The highest BCUT2D eigenvalue weighted by Gasteiger charge is 2.15. The number of hydrogen-bond acceptors (Lipinski definition) is 8. The summed E-state index contributed by atoms with van der Waals surface area (Å²) in [6.07, 6.45) is 4.46. The Morgan fingerprint density at radius 1 is 1.41 bits per heavy atom. The summed E-state index contributed by atoms with van der Waals surface area (Å²) < 4.78 is 6.10. The predicted molar refractivity (Wildman–Crippen MR) is 75.8 cm³/mol. The van der Waals surface area contributed by atoms with Crippen molar-refractivity contribution in [3.05, 3.63) is 24.7 Å². The fraction of sp³-hybridized carbons (Fsp3) is 0.333. The van der Waals surface area contributed by atoms with Crippen molar-refractivity contribution in [3.8, 4) is 0 Å². The number of nitrogens with one attached hydrogen (secondary N) is 2. The van der Waals surface area contributed by atoms with Gasteiger partial charge in [0.2, 0.25) is 0 Å². The van der Waals surface area contributed by atoms with E-state index in [2.05, 4.69) is 40.3 Å². The van der Waals surface area contributed by atoms with Crippen LogP contribution in [0.4, 0.5) is 5.82 Å². The van der Waals surface area contributed by atoms with Crippen LogP contribution >= 0.6 is 0 Å². The van der Waals surface area contributed by atoms with Crippen LogP contribution in [0.5, 0.6) is 0 Å². The van der Waals surface area contributed by atoms with Crippen molar-refractivity contribution in [2.75, 3.05) is 12.4 Å². The molecule has 10 nitrogen and oxygen atoms in total. The van der Waals surface area contributed by atoms with Gasteiger partial charge in [0.15, 0.2) is 5.65 Å². The maximum Gasteiger partial charge on any atom is 0.327 e. The minimum absolute atomic E-state index is 0.00584. The number of hydrogen-bond donors (Lipinski definition) is 2. The van der Waals surface area contributed by atoms with Crippen LogP contribution in [0.3, 0.4) is 0 Å². The van der Waals surface area contributed by atoms with Gasteiger partial charge in [0.05, 0.1) is 24.7 Å². The number of aromatic amines is 1. The van der Waals surface area contributed by atoms with Crippen LogP contribution in [0.2, 0.25) is 0 Å². The predicted octanol–water partition coefficient (Wildman–Crippen LogP) is 0.290. The lowest BCUT2D eigenvalue weighted by atomic mass is 10.3. The summed E-state index contributed by atoms with van der Waals surface area (Å²) in [5.74, 6) is 0.895. The van der Waals surface area contributed by atoms with Gasteiger partial charge < -0.3 is 10.1 Å². The van der Waals surface area contributed by atoms with E-state index < -0.39 is 5.97 Å². The van der Waals surface area contributed by atoms with Crippen LogP contribution in [-0.4, -0.2) is 48.0 Å². The van der Waals surface area contributed by atoms with E-state index in [4.69, 9.17) is 0 Å². The largest absolute Gasteiger partial charge is 0.468 e. The molecule has 0 saturated heterocycles. The molecular weight excluding hydrogens is 288 g/mol. The van der Waals surface area contributed by atoms with Gasteiger partial charge in [0.1, 0.15) is 30.8 Å². The summed E-state index contributed by atoms with van der Waals surface area (Å²) in [4.78, 5) is 23.9. The van der Waals surface area contributed by atoms with Gasteiger partial charge in [-0.25, -0.2) is 19.6 Å². The zero-order valence-corrected chi connectivity index (χ0v) is 12.0. The van der Waals surface area contributed by atoms with Crippen LogP contribution in [-0.2, 0) is 16.1 Å². The SMILES string of the molecule is COC(=O)Cn1ncc2c(NC(C)c3ncn[nH]3)ncnc21. The molecule has 114 valence electrons. The van der Waals surface area contributed by atoms with Crippen molar-refractivity contribution in [2.24, 2.45) is 0 Å². The van der Waals surface area contributed by atoms with Crippen LogP contribution < -0.4 is 5.32 Å². The first kappa shape index (κ1) is 13.9. The average molecular weight is 302 g/mol. The zero-order chi connectivity index (χ0) is 15.5. The lowest BCUT2D eigenvalue weighted by Crippen LogP contribution is -2.13. The Kier molecular flexibility index (Phi) is 3.64. The van der Waals surface area contributed by atoms with Gasteiger partial charge >= 0.3 is 5.97 Å². The molecule has 3 aromatic rings. The topological polar surface area (TPSA) is 124 Å². The van der Waals surface area contributed by atoms with Gasteiger partial charge in [-0.05, 0) is 6.92 Å². The van der Waals surface area contributed by atoms with E-state index in [-0.39, 0.29) is 12.6 Å². The van der Waals surface area contributed by atoms with Crippen molar-refractivity contribution < 1.29 is 9.53 Å². The molecule has 3 heterocycles. The molecule has 10 heteroatoms. The number of carbonyl (C=O) groups is 1. The molecule has 0 radical (unpaired) electrons. The van der Waals surface area contributed by atoms with E-state index in [0.29, 0.717) is 22.7 Å². The van der Waals surface area contributed by atoms with Gasteiger partial charge in [-0.1, -0.05) is 0 Å². The standard InChI is InChI=1S/C12H14N8O2/c1-7(10-14-6-16-19-10)18-11-8-3-17-20(4-9(21)22-2)12(8)15-5-13-11/h3,5-7H,4H2,1-2H3,(H,13,15,18)(H,14,16,19). The Labute approximate surface area is 124 Å². The molecule has 0 fully saturated rings. The third-order valence-electron chi connectivity index (χ3n) is 3.14. The highest BCUT2D eigenvalue weighted by molar-refractivity contribution is 5.87. The second-order valence-corrected chi connectivity index (χ2v) is 4.57. The number of nitrogens with zero attached hydrogens (tertiary/aromatic N) is 6. The maximum atomic E-state index is 11.4. The fourth-order valence-corrected chi connectivity index (χ4v) is 2.01. The van der Waals surface area contributed by atoms with Crippen molar-refractivity contribution in [1.29, 1.82) is 0 Å². The number of anilines is 1. The Bertz CT molecular complexity index is 782. The third kappa shape index (κ3) is 2.57. The molecule has 3 aromatic heterocycles. The van der Waals surface area contributed by atoms with Crippen molar-refractivity contribution in [3.63, 3.8) is 0 Å².